The van der Waals surface area contributed by atoms with Crippen LogP contribution in [0.15, 0.2) is 0 Å². The normalized spacial score (nSPS) is 26.0. The summed E-state index contributed by atoms with van der Waals surface area (Å²) in [5.41, 5.74) is 8.16. The highest BCUT2D eigenvalue weighted by Crippen LogP contribution is 2.35. The van der Waals surface area contributed by atoms with Crippen molar-refractivity contribution in [2.45, 2.75) is 45.6 Å². The maximum atomic E-state index is 10.5. The molecule has 1 unspecified atom stereocenters. The zero-order valence-corrected chi connectivity index (χ0v) is 9.01. The molecule has 4 nitrogen and oxygen atoms in total. The Kier molecular flexibility index (Phi) is 3.89. The van der Waals surface area contributed by atoms with E-state index >= 15 is 0 Å². The number of primary amides is 1. The predicted molar refractivity (Wildman–Crippen MR) is 54.3 cm³/mol. The molecule has 1 atom stereocenters. The summed E-state index contributed by atoms with van der Waals surface area (Å²) in [6.07, 6.45) is 4.80. The highest BCUT2D eigenvalue weighted by atomic mass is 16.6. The van der Waals surface area contributed by atoms with Crippen molar-refractivity contribution in [3.8, 4) is 0 Å². The number of nitrogens with two attached hydrogens (primary N) is 1. The minimum Gasteiger partial charge on any atom is -0.368 e. The van der Waals surface area contributed by atoms with E-state index in [1.165, 1.54) is 19.3 Å². The molecule has 1 aliphatic carbocycles. The molecule has 0 spiro atoms. The lowest BCUT2D eigenvalue weighted by Gasteiger charge is -2.38. The molecule has 3 N–H and O–H groups in total. The molecule has 0 bridgehead atoms. The lowest BCUT2D eigenvalue weighted by atomic mass is 9.74. The molecule has 14 heavy (non-hydrogen) atoms. The maximum absolute atomic E-state index is 10.5. The van der Waals surface area contributed by atoms with Crippen molar-refractivity contribution in [1.82, 2.24) is 5.48 Å². The minimum absolute atomic E-state index is 0.0490. The number of hydrogen-bond acceptors (Lipinski definition) is 3. The summed E-state index contributed by atoms with van der Waals surface area (Å²) in [6.45, 7) is 4.39. The third kappa shape index (κ3) is 3.27. The van der Waals surface area contributed by atoms with Gasteiger partial charge in [0.25, 0.3) is 0 Å². The van der Waals surface area contributed by atoms with Crippen LogP contribution >= 0.6 is 0 Å². The van der Waals surface area contributed by atoms with Crippen LogP contribution in [-0.2, 0) is 9.63 Å². The van der Waals surface area contributed by atoms with E-state index < -0.39 is 5.91 Å². The molecule has 0 aromatic rings. The number of amides is 1. The van der Waals surface area contributed by atoms with Crippen molar-refractivity contribution >= 4 is 5.91 Å². The fourth-order valence-electron chi connectivity index (χ4n) is 1.93. The van der Waals surface area contributed by atoms with Crippen LogP contribution in [0.1, 0.15) is 39.5 Å². The summed E-state index contributed by atoms with van der Waals surface area (Å²) >= 11 is 0. The first-order valence-corrected chi connectivity index (χ1v) is 5.18. The van der Waals surface area contributed by atoms with Crippen molar-refractivity contribution in [1.29, 1.82) is 0 Å². The zero-order valence-electron chi connectivity index (χ0n) is 9.01. The van der Waals surface area contributed by atoms with E-state index in [0.717, 1.165) is 6.42 Å². The van der Waals surface area contributed by atoms with Gasteiger partial charge in [0.2, 0.25) is 5.91 Å². The van der Waals surface area contributed by atoms with E-state index in [9.17, 15) is 4.79 Å². The van der Waals surface area contributed by atoms with Crippen molar-refractivity contribution < 1.29 is 9.63 Å². The molecule has 1 amide bonds. The molecule has 4 heteroatoms. The average Bonchev–Trinajstić information content (AvgIpc) is 2.07. The molecule has 1 fully saturated rings. The van der Waals surface area contributed by atoms with E-state index in [-0.39, 0.29) is 12.0 Å². The van der Waals surface area contributed by atoms with Gasteiger partial charge in [-0.25, -0.2) is 0 Å². The molecule has 0 aromatic carbocycles. The largest absolute Gasteiger partial charge is 0.368 e. The van der Waals surface area contributed by atoms with Gasteiger partial charge in [-0.05, 0) is 18.3 Å². The summed E-state index contributed by atoms with van der Waals surface area (Å²) in [5.74, 6) is -0.439. The minimum atomic E-state index is -0.439. The van der Waals surface area contributed by atoms with E-state index in [2.05, 4.69) is 19.3 Å². The summed E-state index contributed by atoms with van der Waals surface area (Å²) in [5, 5.41) is 0. The monoisotopic (exact) mass is 200 g/mol. The highest BCUT2D eigenvalue weighted by molar-refractivity contribution is 5.74. The molecule has 82 valence electrons. The summed E-state index contributed by atoms with van der Waals surface area (Å²) in [7, 11) is 0. The standard InChI is InChI=1S/C10H20N2O2/c1-10(2)6-4-3-5-8(10)12-14-7-9(11)13/h8,12H,3-7H2,1-2H3,(H2,11,13). The van der Waals surface area contributed by atoms with Gasteiger partial charge < -0.3 is 5.73 Å². The number of hydroxylamine groups is 1. The molecule has 0 aromatic heterocycles. The van der Waals surface area contributed by atoms with Gasteiger partial charge in [0.15, 0.2) is 0 Å². The Labute approximate surface area is 85.1 Å². The summed E-state index contributed by atoms with van der Waals surface area (Å²) in [4.78, 5) is 15.5. The SMILES string of the molecule is CC1(C)CCCCC1NOCC(N)=O. The first-order valence-electron chi connectivity index (χ1n) is 5.18. The topological polar surface area (TPSA) is 64.3 Å². The fourth-order valence-corrected chi connectivity index (χ4v) is 1.93. The quantitative estimate of drug-likeness (QED) is 0.664. The van der Waals surface area contributed by atoms with Gasteiger partial charge in [0.1, 0.15) is 6.61 Å². The van der Waals surface area contributed by atoms with Gasteiger partial charge in [-0.2, -0.15) is 5.48 Å². The van der Waals surface area contributed by atoms with Crippen LogP contribution in [0.25, 0.3) is 0 Å². The van der Waals surface area contributed by atoms with Gasteiger partial charge in [0, 0.05) is 6.04 Å². The Balaban J connectivity index is 2.31. The Hall–Kier alpha value is -0.610. The molecule has 0 radical (unpaired) electrons. The van der Waals surface area contributed by atoms with E-state index in [1.54, 1.807) is 0 Å². The summed E-state index contributed by atoms with van der Waals surface area (Å²) in [6, 6.07) is 0.329. The third-order valence-corrected chi connectivity index (χ3v) is 2.95. The smallest absolute Gasteiger partial charge is 0.245 e. The van der Waals surface area contributed by atoms with Crippen molar-refractivity contribution in [3.05, 3.63) is 0 Å². The molecule has 0 aliphatic heterocycles. The number of hydrogen-bond donors (Lipinski definition) is 2. The molecular formula is C10H20N2O2. The second-order valence-corrected chi connectivity index (χ2v) is 4.66. The molecule has 1 rings (SSSR count). The number of rotatable bonds is 4. The lowest BCUT2D eigenvalue weighted by Crippen LogP contribution is -2.45. The number of nitrogens with one attached hydrogen (secondary N) is 1. The zero-order chi connectivity index (χ0) is 10.6. The highest BCUT2D eigenvalue weighted by Gasteiger charge is 2.32. The van der Waals surface area contributed by atoms with Crippen molar-refractivity contribution in [2.24, 2.45) is 11.1 Å². The van der Waals surface area contributed by atoms with Gasteiger partial charge in [-0.15, -0.1) is 0 Å². The molecule has 0 saturated heterocycles. The van der Waals surface area contributed by atoms with Crippen LogP contribution in [0, 0.1) is 5.41 Å². The van der Waals surface area contributed by atoms with E-state index in [1.807, 2.05) is 0 Å². The fraction of sp³-hybridized carbons (Fsp3) is 0.900. The molecule has 1 aliphatic rings. The Bertz CT molecular complexity index is 204. The van der Waals surface area contributed by atoms with Gasteiger partial charge >= 0.3 is 0 Å². The Morgan fingerprint density at radius 1 is 1.57 bits per heavy atom. The molecular weight excluding hydrogens is 180 g/mol. The van der Waals surface area contributed by atoms with E-state index in [4.69, 9.17) is 10.6 Å². The Morgan fingerprint density at radius 3 is 2.86 bits per heavy atom. The second-order valence-electron chi connectivity index (χ2n) is 4.66. The van der Waals surface area contributed by atoms with Gasteiger partial charge in [-0.3, -0.25) is 9.63 Å². The first-order chi connectivity index (χ1) is 6.52. The van der Waals surface area contributed by atoms with Crippen LogP contribution < -0.4 is 11.2 Å². The number of carbonyl (C=O) groups is 1. The Morgan fingerprint density at radius 2 is 2.29 bits per heavy atom. The first kappa shape index (κ1) is 11.5. The van der Waals surface area contributed by atoms with E-state index in [0.29, 0.717) is 6.04 Å². The summed E-state index contributed by atoms with van der Waals surface area (Å²) < 4.78 is 0. The molecule has 0 heterocycles. The van der Waals surface area contributed by atoms with Crippen LogP contribution in [0.4, 0.5) is 0 Å². The van der Waals surface area contributed by atoms with Crippen LogP contribution in [0.2, 0.25) is 0 Å². The van der Waals surface area contributed by atoms with Gasteiger partial charge in [0.05, 0.1) is 0 Å². The van der Waals surface area contributed by atoms with Crippen molar-refractivity contribution in [3.63, 3.8) is 0 Å². The average molecular weight is 200 g/mol. The second kappa shape index (κ2) is 4.75. The van der Waals surface area contributed by atoms with Gasteiger partial charge in [-0.1, -0.05) is 26.7 Å². The number of carbonyl (C=O) groups excluding carboxylic acids is 1. The van der Waals surface area contributed by atoms with Crippen LogP contribution in [0.3, 0.4) is 0 Å². The third-order valence-electron chi connectivity index (χ3n) is 2.95. The van der Waals surface area contributed by atoms with Crippen molar-refractivity contribution in [2.75, 3.05) is 6.61 Å². The predicted octanol–water partition coefficient (Wildman–Crippen LogP) is 0.962. The maximum Gasteiger partial charge on any atom is 0.245 e. The van der Waals surface area contributed by atoms with Crippen LogP contribution in [0.5, 0.6) is 0 Å². The van der Waals surface area contributed by atoms with Crippen LogP contribution in [-0.4, -0.2) is 18.6 Å². The molecule has 1 saturated carbocycles. The lowest BCUT2D eigenvalue weighted by molar-refractivity contribution is -0.127.